The van der Waals surface area contributed by atoms with E-state index >= 15 is 0 Å². The third-order valence-corrected chi connectivity index (χ3v) is 6.04. The van der Waals surface area contributed by atoms with Crippen molar-refractivity contribution in [3.63, 3.8) is 0 Å². The van der Waals surface area contributed by atoms with Crippen LogP contribution in [0, 0.1) is 6.92 Å². The SMILES string of the molecule is CCN(CC)Cc1ccccc1CNC(=O)c1ccc(-c2nnc(-c3ccccc3C)o2)cc1. The first kappa shape index (κ1) is 23.4. The largest absolute Gasteiger partial charge is 0.416 e. The number of amides is 1. The molecule has 0 atom stereocenters. The molecule has 0 aliphatic heterocycles. The van der Waals surface area contributed by atoms with E-state index in [0.29, 0.717) is 23.9 Å². The van der Waals surface area contributed by atoms with E-state index in [1.54, 1.807) is 12.1 Å². The number of carbonyl (C=O) groups excluding carboxylic acids is 1. The van der Waals surface area contributed by atoms with Crippen LogP contribution in [0.2, 0.25) is 0 Å². The normalized spacial score (nSPS) is 11.1. The second kappa shape index (κ2) is 10.9. The lowest BCUT2D eigenvalue weighted by atomic mass is 10.1. The van der Waals surface area contributed by atoms with Crippen molar-refractivity contribution in [3.8, 4) is 22.9 Å². The molecule has 0 aliphatic carbocycles. The molecular weight excluding hydrogens is 424 g/mol. The maximum Gasteiger partial charge on any atom is 0.251 e. The van der Waals surface area contributed by atoms with Crippen molar-refractivity contribution in [1.29, 1.82) is 0 Å². The highest BCUT2D eigenvalue weighted by atomic mass is 16.4. The molecular formula is C28H30N4O2. The molecule has 0 aliphatic rings. The molecule has 1 heterocycles. The topological polar surface area (TPSA) is 71.3 Å². The minimum atomic E-state index is -0.115. The van der Waals surface area contributed by atoms with Gasteiger partial charge in [0, 0.05) is 29.8 Å². The number of nitrogens with zero attached hydrogens (tertiary/aromatic N) is 3. The Kier molecular flexibility index (Phi) is 7.50. The second-order valence-corrected chi connectivity index (χ2v) is 8.22. The van der Waals surface area contributed by atoms with Crippen LogP contribution in [0.5, 0.6) is 0 Å². The Bertz CT molecular complexity index is 1240. The van der Waals surface area contributed by atoms with Crippen molar-refractivity contribution in [1.82, 2.24) is 20.4 Å². The summed E-state index contributed by atoms with van der Waals surface area (Å²) in [5.74, 6) is 0.796. The lowest BCUT2D eigenvalue weighted by molar-refractivity contribution is 0.0950. The number of nitrogens with one attached hydrogen (secondary N) is 1. The van der Waals surface area contributed by atoms with Gasteiger partial charge in [0.1, 0.15) is 0 Å². The highest BCUT2D eigenvalue weighted by molar-refractivity contribution is 5.94. The summed E-state index contributed by atoms with van der Waals surface area (Å²) in [6.07, 6.45) is 0. The summed E-state index contributed by atoms with van der Waals surface area (Å²) in [6.45, 7) is 9.69. The van der Waals surface area contributed by atoms with Crippen LogP contribution >= 0.6 is 0 Å². The van der Waals surface area contributed by atoms with Crippen LogP contribution in [0.3, 0.4) is 0 Å². The molecule has 0 saturated heterocycles. The maximum atomic E-state index is 12.8. The number of aromatic nitrogens is 2. The molecule has 174 valence electrons. The summed E-state index contributed by atoms with van der Waals surface area (Å²) in [4.78, 5) is 15.1. The zero-order chi connectivity index (χ0) is 23.9. The van der Waals surface area contributed by atoms with Gasteiger partial charge in [0.25, 0.3) is 5.91 Å². The standard InChI is InChI=1S/C28H30N4O2/c1-4-32(5-2)19-24-12-8-7-11-23(24)18-29-26(33)21-14-16-22(17-15-21)27-30-31-28(34-27)25-13-9-6-10-20(25)3/h6-17H,4-5,18-19H2,1-3H3,(H,29,33). The summed E-state index contributed by atoms with van der Waals surface area (Å²) >= 11 is 0. The number of rotatable bonds is 9. The van der Waals surface area contributed by atoms with Crippen LogP contribution in [-0.2, 0) is 13.1 Å². The molecule has 0 bridgehead atoms. The van der Waals surface area contributed by atoms with Gasteiger partial charge in [-0.05, 0) is 67.0 Å². The van der Waals surface area contributed by atoms with E-state index in [0.717, 1.165) is 41.9 Å². The van der Waals surface area contributed by atoms with Crippen LogP contribution in [0.1, 0.15) is 40.9 Å². The van der Waals surface area contributed by atoms with Gasteiger partial charge in [-0.25, -0.2) is 0 Å². The molecule has 4 rings (SSSR count). The smallest absolute Gasteiger partial charge is 0.251 e. The molecule has 4 aromatic rings. The predicted octanol–water partition coefficient (Wildman–Crippen LogP) is 5.48. The maximum absolute atomic E-state index is 12.8. The van der Waals surface area contributed by atoms with E-state index in [2.05, 4.69) is 46.4 Å². The molecule has 1 amide bonds. The third kappa shape index (κ3) is 5.41. The van der Waals surface area contributed by atoms with Crippen molar-refractivity contribution in [2.24, 2.45) is 0 Å². The predicted molar refractivity (Wildman–Crippen MR) is 134 cm³/mol. The summed E-state index contributed by atoms with van der Waals surface area (Å²) < 4.78 is 5.88. The molecule has 0 unspecified atom stereocenters. The van der Waals surface area contributed by atoms with E-state index in [1.165, 1.54) is 5.56 Å². The van der Waals surface area contributed by atoms with E-state index < -0.39 is 0 Å². The van der Waals surface area contributed by atoms with Gasteiger partial charge in [-0.2, -0.15) is 0 Å². The fourth-order valence-corrected chi connectivity index (χ4v) is 3.88. The quantitative estimate of drug-likeness (QED) is 0.362. The van der Waals surface area contributed by atoms with Gasteiger partial charge >= 0.3 is 0 Å². The van der Waals surface area contributed by atoms with Gasteiger partial charge in [0.05, 0.1) is 0 Å². The molecule has 6 nitrogen and oxygen atoms in total. The number of hydrogen-bond donors (Lipinski definition) is 1. The molecule has 3 aromatic carbocycles. The first-order chi connectivity index (χ1) is 16.6. The lowest BCUT2D eigenvalue weighted by Gasteiger charge is -2.20. The first-order valence-electron chi connectivity index (χ1n) is 11.7. The summed E-state index contributed by atoms with van der Waals surface area (Å²) in [6, 6.07) is 23.4. The molecule has 1 N–H and O–H groups in total. The van der Waals surface area contributed by atoms with Crippen LogP contribution < -0.4 is 5.32 Å². The molecule has 34 heavy (non-hydrogen) atoms. The molecule has 0 radical (unpaired) electrons. The minimum absolute atomic E-state index is 0.115. The van der Waals surface area contributed by atoms with Crippen LogP contribution in [0.4, 0.5) is 0 Å². The number of carbonyl (C=O) groups is 1. The monoisotopic (exact) mass is 454 g/mol. The molecule has 1 aromatic heterocycles. The summed E-state index contributed by atoms with van der Waals surface area (Å²) in [7, 11) is 0. The Morgan fingerprint density at radius 3 is 2.21 bits per heavy atom. The van der Waals surface area contributed by atoms with Crippen molar-refractivity contribution in [2.75, 3.05) is 13.1 Å². The van der Waals surface area contributed by atoms with E-state index in [4.69, 9.17) is 4.42 Å². The van der Waals surface area contributed by atoms with Crippen molar-refractivity contribution in [3.05, 3.63) is 95.1 Å². The zero-order valence-electron chi connectivity index (χ0n) is 19.9. The molecule has 0 spiro atoms. The Morgan fingerprint density at radius 1 is 0.853 bits per heavy atom. The zero-order valence-corrected chi connectivity index (χ0v) is 19.9. The van der Waals surface area contributed by atoms with Gasteiger partial charge in [-0.3, -0.25) is 9.69 Å². The fourth-order valence-electron chi connectivity index (χ4n) is 3.88. The van der Waals surface area contributed by atoms with Crippen molar-refractivity contribution >= 4 is 5.91 Å². The van der Waals surface area contributed by atoms with E-state index in [-0.39, 0.29) is 5.91 Å². The molecule has 6 heteroatoms. The average Bonchev–Trinajstić information content (AvgIpc) is 3.37. The summed E-state index contributed by atoms with van der Waals surface area (Å²) in [5, 5.41) is 11.4. The second-order valence-electron chi connectivity index (χ2n) is 8.22. The Hall–Kier alpha value is -3.77. The number of hydrogen-bond acceptors (Lipinski definition) is 5. The minimum Gasteiger partial charge on any atom is -0.416 e. The first-order valence-corrected chi connectivity index (χ1v) is 11.7. The highest BCUT2D eigenvalue weighted by Gasteiger charge is 2.14. The number of aryl methyl sites for hydroxylation is 1. The van der Waals surface area contributed by atoms with Gasteiger partial charge in [-0.15, -0.1) is 10.2 Å². The van der Waals surface area contributed by atoms with Gasteiger partial charge in [-0.1, -0.05) is 56.3 Å². The Balaban J connectivity index is 1.42. The number of benzene rings is 3. The van der Waals surface area contributed by atoms with Gasteiger partial charge in [0.15, 0.2) is 0 Å². The van der Waals surface area contributed by atoms with Gasteiger partial charge in [0.2, 0.25) is 11.8 Å². The molecule has 0 saturated carbocycles. The molecule has 0 fully saturated rings. The highest BCUT2D eigenvalue weighted by Crippen LogP contribution is 2.26. The van der Waals surface area contributed by atoms with E-state index in [1.807, 2.05) is 55.5 Å². The lowest BCUT2D eigenvalue weighted by Crippen LogP contribution is -2.26. The van der Waals surface area contributed by atoms with Crippen molar-refractivity contribution in [2.45, 2.75) is 33.9 Å². The summed E-state index contributed by atoms with van der Waals surface area (Å²) in [5.41, 5.74) is 5.72. The van der Waals surface area contributed by atoms with Crippen LogP contribution in [0.15, 0.2) is 77.2 Å². The Labute approximate surface area is 200 Å². The van der Waals surface area contributed by atoms with Crippen LogP contribution in [-0.4, -0.2) is 34.1 Å². The fraction of sp³-hybridized carbons (Fsp3) is 0.250. The third-order valence-electron chi connectivity index (χ3n) is 6.04. The van der Waals surface area contributed by atoms with E-state index in [9.17, 15) is 4.79 Å². The van der Waals surface area contributed by atoms with Crippen LogP contribution in [0.25, 0.3) is 22.9 Å². The Morgan fingerprint density at radius 2 is 1.50 bits per heavy atom. The van der Waals surface area contributed by atoms with Gasteiger partial charge < -0.3 is 9.73 Å². The average molecular weight is 455 g/mol. The van der Waals surface area contributed by atoms with Crippen molar-refractivity contribution < 1.29 is 9.21 Å².